The van der Waals surface area contributed by atoms with Gasteiger partial charge in [0, 0.05) is 25.4 Å². The van der Waals surface area contributed by atoms with Crippen LogP contribution in [-0.2, 0) is 16.1 Å². The van der Waals surface area contributed by atoms with E-state index in [0.29, 0.717) is 13.2 Å². The number of ether oxygens (including phenoxy) is 2. The lowest BCUT2D eigenvalue weighted by Crippen LogP contribution is -2.46. The highest BCUT2D eigenvalue weighted by atomic mass is 35.5. The Labute approximate surface area is 148 Å². The third-order valence-electron chi connectivity index (χ3n) is 3.78. The van der Waals surface area contributed by atoms with E-state index in [0.717, 1.165) is 37.9 Å². The molecule has 0 N–H and O–H groups in total. The molecule has 1 amide bonds. The minimum atomic E-state index is -0.470. The van der Waals surface area contributed by atoms with Gasteiger partial charge in [0.2, 0.25) is 5.28 Å². The zero-order chi connectivity index (χ0) is 17.6. The van der Waals surface area contributed by atoms with E-state index in [4.69, 9.17) is 21.1 Å². The molecule has 0 saturated carbocycles. The molecule has 0 radical (unpaired) electrons. The lowest BCUT2D eigenvalue weighted by molar-refractivity contribution is 0.00368. The first-order valence-corrected chi connectivity index (χ1v) is 8.78. The molecule has 0 unspecified atom stereocenters. The third kappa shape index (κ3) is 6.24. The van der Waals surface area contributed by atoms with Gasteiger partial charge in [-0.25, -0.2) is 14.8 Å². The highest BCUT2D eigenvalue weighted by Gasteiger charge is 2.30. The van der Waals surface area contributed by atoms with Crippen molar-refractivity contribution in [3.8, 4) is 0 Å². The molecule has 1 aliphatic heterocycles. The zero-order valence-corrected chi connectivity index (χ0v) is 15.4. The van der Waals surface area contributed by atoms with Crippen molar-refractivity contribution in [3.63, 3.8) is 0 Å². The Morgan fingerprint density at radius 1 is 1.42 bits per heavy atom. The molecule has 24 heavy (non-hydrogen) atoms. The molecular formula is C17H26ClN3O3. The Bertz CT molecular complexity index is 548. The second-order valence-corrected chi connectivity index (χ2v) is 7.32. The van der Waals surface area contributed by atoms with Crippen molar-refractivity contribution in [2.75, 3.05) is 13.2 Å². The van der Waals surface area contributed by atoms with Crippen LogP contribution >= 0.6 is 11.6 Å². The van der Waals surface area contributed by atoms with Crippen LogP contribution in [0.5, 0.6) is 0 Å². The second-order valence-electron chi connectivity index (χ2n) is 6.98. The Hall–Kier alpha value is -1.40. The van der Waals surface area contributed by atoms with Gasteiger partial charge < -0.3 is 14.4 Å². The maximum atomic E-state index is 12.3. The molecule has 0 bridgehead atoms. The summed E-state index contributed by atoms with van der Waals surface area (Å²) in [4.78, 5) is 22.1. The quantitative estimate of drug-likeness (QED) is 0.593. The van der Waals surface area contributed by atoms with Gasteiger partial charge in [0.15, 0.2) is 0 Å². The predicted octanol–water partition coefficient (Wildman–Crippen LogP) is 3.83. The monoisotopic (exact) mass is 355 g/mol. The predicted molar refractivity (Wildman–Crippen MR) is 91.9 cm³/mol. The summed E-state index contributed by atoms with van der Waals surface area (Å²) < 4.78 is 11.2. The summed E-state index contributed by atoms with van der Waals surface area (Å²) in [5, 5.41) is 0.222. The zero-order valence-electron chi connectivity index (χ0n) is 14.6. The summed E-state index contributed by atoms with van der Waals surface area (Å²) in [7, 11) is 0. The van der Waals surface area contributed by atoms with Gasteiger partial charge in [-0.3, -0.25) is 0 Å². The lowest BCUT2D eigenvalue weighted by atomic mass is 10.0. The van der Waals surface area contributed by atoms with Crippen LogP contribution < -0.4 is 0 Å². The number of likely N-dealkylation sites (tertiary alicyclic amines) is 1. The molecule has 0 aliphatic carbocycles. The van der Waals surface area contributed by atoms with Crippen LogP contribution in [0.25, 0.3) is 0 Å². The number of rotatable bonds is 5. The van der Waals surface area contributed by atoms with Crippen LogP contribution in [0.4, 0.5) is 4.79 Å². The first-order chi connectivity index (χ1) is 11.3. The van der Waals surface area contributed by atoms with Crippen LogP contribution in [0.2, 0.25) is 5.28 Å². The topological polar surface area (TPSA) is 64.5 Å². The summed E-state index contributed by atoms with van der Waals surface area (Å²) in [6.45, 7) is 7.37. The Balaban J connectivity index is 1.79. The van der Waals surface area contributed by atoms with Gasteiger partial charge in [0.1, 0.15) is 5.60 Å². The molecule has 2 heterocycles. The van der Waals surface area contributed by atoms with Gasteiger partial charge in [-0.15, -0.1) is 0 Å². The van der Waals surface area contributed by atoms with Crippen molar-refractivity contribution >= 4 is 17.7 Å². The summed E-state index contributed by atoms with van der Waals surface area (Å²) in [5.74, 6) is 0. The molecule has 1 aromatic rings. The minimum Gasteiger partial charge on any atom is -0.444 e. The molecule has 134 valence electrons. The number of hydrogen-bond acceptors (Lipinski definition) is 5. The van der Waals surface area contributed by atoms with Gasteiger partial charge >= 0.3 is 6.09 Å². The van der Waals surface area contributed by atoms with Crippen LogP contribution in [-0.4, -0.2) is 45.8 Å². The number of carbonyl (C=O) groups is 1. The van der Waals surface area contributed by atoms with E-state index in [1.165, 1.54) is 0 Å². The molecule has 6 nitrogen and oxygen atoms in total. The van der Waals surface area contributed by atoms with E-state index in [9.17, 15) is 4.79 Å². The molecule has 1 saturated heterocycles. The lowest BCUT2D eigenvalue weighted by Gasteiger charge is -2.36. The summed E-state index contributed by atoms with van der Waals surface area (Å²) in [6, 6.07) is 1.95. The van der Waals surface area contributed by atoms with E-state index in [1.807, 2.05) is 25.7 Å². The molecule has 1 atom stereocenters. The number of halogens is 1. The fraction of sp³-hybridized carbons (Fsp3) is 0.706. The van der Waals surface area contributed by atoms with Crippen LogP contribution in [0, 0.1) is 0 Å². The standard InChI is InChI=1S/C17H26ClN3O3/c1-17(2,3)24-16(22)21-10-5-4-6-14(21)8-11-23-12-13-7-9-19-15(18)20-13/h7,9,14H,4-6,8,10-12H2,1-3H3/t14-/m0/s1. The maximum Gasteiger partial charge on any atom is 0.410 e. The Morgan fingerprint density at radius 2 is 2.21 bits per heavy atom. The van der Waals surface area contributed by atoms with Gasteiger partial charge in [-0.2, -0.15) is 0 Å². The van der Waals surface area contributed by atoms with Crippen LogP contribution in [0.15, 0.2) is 12.3 Å². The third-order valence-corrected chi connectivity index (χ3v) is 3.97. The number of nitrogens with zero attached hydrogens (tertiary/aromatic N) is 3. The van der Waals surface area contributed by atoms with E-state index < -0.39 is 5.60 Å². The number of amides is 1. The second kappa shape index (κ2) is 8.62. The summed E-state index contributed by atoms with van der Waals surface area (Å²) in [6.07, 6.45) is 5.32. The van der Waals surface area contributed by atoms with Gasteiger partial charge in [-0.1, -0.05) is 0 Å². The smallest absolute Gasteiger partial charge is 0.410 e. The average Bonchev–Trinajstić information content (AvgIpc) is 2.50. The van der Waals surface area contributed by atoms with Gasteiger partial charge in [-0.05, 0) is 64.1 Å². The van der Waals surface area contributed by atoms with E-state index in [-0.39, 0.29) is 17.4 Å². The molecular weight excluding hydrogens is 330 g/mol. The van der Waals surface area contributed by atoms with Crippen molar-refractivity contribution in [2.24, 2.45) is 0 Å². The average molecular weight is 356 g/mol. The largest absolute Gasteiger partial charge is 0.444 e. The number of aromatic nitrogens is 2. The van der Waals surface area contributed by atoms with Crippen LogP contribution in [0.3, 0.4) is 0 Å². The SMILES string of the molecule is CC(C)(C)OC(=O)N1CCCC[C@H]1CCOCc1ccnc(Cl)n1. The molecule has 0 spiro atoms. The molecule has 1 aliphatic rings. The van der Waals surface area contributed by atoms with Crippen molar-refractivity contribution in [2.45, 2.75) is 64.7 Å². The first-order valence-electron chi connectivity index (χ1n) is 8.40. The maximum absolute atomic E-state index is 12.3. The van der Waals surface area contributed by atoms with Crippen molar-refractivity contribution in [3.05, 3.63) is 23.2 Å². The molecule has 0 aromatic carbocycles. The fourth-order valence-corrected chi connectivity index (χ4v) is 2.87. The van der Waals surface area contributed by atoms with Crippen molar-refractivity contribution < 1.29 is 14.3 Å². The van der Waals surface area contributed by atoms with E-state index in [2.05, 4.69) is 9.97 Å². The van der Waals surface area contributed by atoms with Crippen LogP contribution in [0.1, 0.15) is 52.1 Å². The van der Waals surface area contributed by atoms with Crippen molar-refractivity contribution in [1.29, 1.82) is 0 Å². The molecule has 7 heteroatoms. The molecule has 1 fully saturated rings. The highest BCUT2D eigenvalue weighted by Crippen LogP contribution is 2.22. The summed E-state index contributed by atoms with van der Waals surface area (Å²) >= 11 is 5.75. The summed E-state index contributed by atoms with van der Waals surface area (Å²) in [5.41, 5.74) is 0.282. The van der Waals surface area contributed by atoms with E-state index >= 15 is 0 Å². The number of piperidine rings is 1. The van der Waals surface area contributed by atoms with Gasteiger partial charge in [0.25, 0.3) is 0 Å². The van der Waals surface area contributed by atoms with E-state index in [1.54, 1.807) is 12.3 Å². The Morgan fingerprint density at radius 3 is 2.92 bits per heavy atom. The molecule has 2 rings (SSSR count). The molecule has 1 aromatic heterocycles. The first kappa shape index (κ1) is 18.9. The normalized spacial score (nSPS) is 18.5. The Kier molecular flexibility index (Phi) is 6.80. The minimum absolute atomic E-state index is 0.169. The number of carbonyl (C=O) groups excluding carboxylic acids is 1. The van der Waals surface area contributed by atoms with Crippen molar-refractivity contribution in [1.82, 2.24) is 14.9 Å². The number of hydrogen-bond donors (Lipinski definition) is 0. The fourth-order valence-electron chi connectivity index (χ4n) is 2.71. The highest BCUT2D eigenvalue weighted by molar-refractivity contribution is 6.28. The van der Waals surface area contributed by atoms with Gasteiger partial charge in [0.05, 0.1) is 12.3 Å².